The van der Waals surface area contributed by atoms with Gasteiger partial charge in [0.2, 0.25) is 5.60 Å². The van der Waals surface area contributed by atoms with Gasteiger partial charge in [0, 0.05) is 6.61 Å². The topological polar surface area (TPSA) is 211 Å². The molecule has 0 spiro atoms. The maximum absolute atomic E-state index is 13.1. The van der Waals surface area contributed by atoms with Gasteiger partial charge in [-0.15, -0.1) is 0 Å². The van der Waals surface area contributed by atoms with E-state index in [4.69, 9.17) is 28.0 Å². The number of fused-ring (bicyclic) bond motifs is 1. The van der Waals surface area contributed by atoms with Gasteiger partial charge in [0.15, 0.2) is 0 Å². The van der Waals surface area contributed by atoms with Gasteiger partial charge >= 0.3 is 7.82 Å². The number of hydrogen-bond donors (Lipinski definition) is 3. The molecule has 326 valence electrons. The average Bonchev–Trinajstić information content (AvgIpc) is 3.79. The number of phosphoric ester groups is 1. The number of rotatable bonds is 30. The van der Waals surface area contributed by atoms with Crippen molar-refractivity contribution in [2.45, 2.75) is 153 Å². The number of aryl methyl sites for hydroxylation is 1. The Bertz CT molecular complexity index is 1830. The summed E-state index contributed by atoms with van der Waals surface area (Å²) in [7, 11) is -3.28. The van der Waals surface area contributed by atoms with Gasteiger partial charge < -0.3 is 34.1 Å². The van der Waals surface area contributed by atoms with Gasteiger partial charge in [0.05, 0.1) is 62.1 Å². The van der Waals surface area contributed by atoms with Gasteiger partial charge in [-0.3, -0.25) is 9.05 Å². The van der Waals surface area contributed by atoms with Crippen molar-refractivity contribution in [3.8, 4) is 17.9 Å². The van der Waals surface area contributed by atoms with E-state index in [-0.39, 0.29) is 18.9 Å². The van der Waals surface area contributed by atoms with E-state index in [1.54, 1.807) is 31.2 Å². The highest BCUT2D eigenvalue weighted by molar-refractivity contribution is 7.47. The first kappa shape index (κ1) is 48.2. The highest BCUT2D eigenvalue weighted by Crippen LogP contribution is 2.46. The van der Waals surface area contributed by atoms with Crippen LogP contribution in [-0.4, -0.2) is 87.7 Å². The molecule has 3 heterocycles. The van der Waals surface area contributed by atoms with Gasteiger partial charge in [0.25, 0.3) is 0 Å². The second-order valence-corrected chi connectivity index (χ2v) is 16.8. The first-order valence-electron chi connectivity index (χ1n) is 21.2. The average molecular weight is 842 g/mol. The van der Waals surface area contributed by atoms with Gasteiger partial charge in [-0.25, -0.2) is 14.1 Å². The number of nitrogens with zero attached hydrogens (tertiary/aromatic N) is 5. The zero-order chi connectivity index (χ0) is 42.5. The third-order valence-electron chi connectivity index (χ3n) is 10.7. The molecule has 4 rings (SSSR count). The van der Waals surface area contributed by atoms with Crippen LogP contribution >= 0.6 is 7.82 Å². The lowest BCUT2D eigenvalue weighted by Gasteiger charge is -2.24. The van der Waals surface area contributed by atoms with E-state index in [1.165, 1.54) is 107 Å². The molecule has 0 bridgehead atoms. The van der Waals surface area contributed by atoms with Crippen molar-refractivity contribution in [3.05, 3.63) is 59.2 Å². The van der Waals surface area contributed by atoms with Crippen LogP contribution in [0.3, 0.4) is 0 Å². The molecule has 3 N–H and O–H groups in total. The summed E-state index contributed by atoms with van der Waals surface area (Å²) in [5.41, 5.74) is 0.313. The minimum Gasteiger partial charge on any atom is -0.497 e. The highest BCUT2D eigenvalue weighted by atomic mass is 31.2. The van der Waals surface area contributed by atoms with E-state index in [1.807, 2.05) is 6.07 Å². The summed E-state index contributed by atoms with van der Waals surface area (Å²) in [6, 6.07) is 12.2. The maximum atomic E-state index is 13.1. The normalized spacial score (nSPS) is 20.6. The van der Waals surface area contributed by atoms with Crippen molar-refractivity contribution < 1.29 is 47.7 Å². The van der Waals surface area contributed by atoms with Crippen LogP contribution in [0.4, 0.5) is 0 Å². The number of aromatic nitrogens is 3. The third kappa shape index (κ3) is 14.9. The highest BCUT2D eigenvalue weighted by Gasteiger charge is 2.58. The Hall–Kier alpha value is -3.47. The Morgan fingerprint density at radius 2 is 1.56 bits per heavy atom. The molecular weight excluding hydrogens is 777 g/mol. The van der Waals surface area contributed by atoms with Crippen LogP contribution in [0.2, 0.25) is 0 Å². The first-order valence-corrected chi connectivity index (χ1v) is 22.7. The van der Waals surface area contributed by atoms with Crippen molar-refractivity contribution >= 4 is 13.3 Å². The second kappa shape index (κ2) is 25.3. The molecule has 0 saturated carbocycles. The lowest BCUT2D eigenvalue weighted by atomic mass is 9.92. The standard InChI is InChI=1S/C43H64N5O10P/c1-4-5-6-7-8-9-10-11-12-13-14-15-16-17-18-19-22-54-28-37(55-27-35-23-34(26-44)24-36(25-35)53-3)29-56-59(51,52)57-30-39-41(49)42(50)43(31-45,58-39)40-21-20-38-33(2)46-32-47-48(38)40/h20-21,23-25,32,37,39,41-42,49-50H,4-19,22,27-30H2,1-3H3,(H,51,52)/t37-,39-,41-,42-,43+/m1/s1. The minimum atomic E-state index is -4.78. The molecule has 6 atom stereocenters. The molecule has 1 aliphatic rings. The monoisotopic (exact) mass is 841 g/mol. The number of ether oxygens (including phenoxy) is 4. The number of aliphatic hydroxyl groups excluding tert-OH is 2. The fraction of sp³-hybridized carbons (Fsp3) is 0.674. The molecule has 16 heteroatoms. The largest absolute Gasteiger partial charge is 0.497 e. The molecule has 1 fully saturated rings. The second-order valence-electron chi connectivity index (χ2n) is 15.4. The number of hydrogen-bond acceptors (Lipinski definition) is 13. The van der Waals surface area contributed by atoms with Crippen LogP contribution in [0.1, 0.15) is 132 Å². The Balaban J connectivity index is 1.22. The predicted molar refractivity (Wildman–Crippen MR) is 220 cm³/mol. The number of unbranched alkanes of at least 4 members (excludes halogenated alkanes) is 15. The summed E-state index contributed by atoms with van der Waals surface area (Å²) in [5.74, 6) is 0.485. The van der Waals surface area contributed by atoms with E-state index in [9.17, 15) is 30.2 Å². The Morgan fingerprint density at radius 1 is 0.915 bits per heavy atom. The number of nitriles is 2. The lowest BCUT2D eigenvalue weighted by molar-refractivity contribution is -0.0690. The van der Waals surface area contributed by atoms with E-state index in [2.05, 4.69) is 23.1 Å². The van der Waals surface area contributed by atoms with Crippen molar-refractivity contribution in [1.82, 2.24) is 14.6 Å². The minimum absolute atomic E-state index is 0.0357. The summed E-state index contributed by atoms with van der Waals surface area (Å²) in [6.45, 7) is 3.50. The molecule has 1 aliphatic heterocycles. The summed E-state index contributed by atoms with van der Waals surface area (Å²) in [6.07, 6.45) is 16.0. The fourth-order valence-corrected chi connectivity index (χ4v) is 8.05. The van der Waals surface area contributed by atoms with E-state index in [0.717, 1.165) is 19.3 Å². The molecule has 0 radical (unpaired) electrons. The van der Waals surface area contributed by atoms with Crippen LogP contribution in [-0.2, 0) is 40.0 Å². The summed E-state index contributed by atoms with van der Waals surface area (Å²) < 4.78 is 48.2. The quantitative estimate of drug-likeness (QED) is 0.0433. The van der Waals surface area contributed by atoms with Gasteiger partial charge in [0.1, 0.15) is 42.6 Å². The Kier molecular flexibility index (Phi) is 20.7. The van der Waals surface area contributed by atoms with Crippen LogP contribution in [0.15, 0.2) is 36.7 Å². The smallest absolute Gasteiger partial charge is 0.472 e. The van der Waals surface area contributed by atoms with Crippen LogP contribution < -0.4 is 4.74 Å². The van der Waals surface area contributed by atoms with Crippen molar-refractivity contribution in [1.29, 1.82) is 10.5 Å². The van der Waals surface area contributed by atoms with E-state index >= 15 is 0 Å². The molecule has 15 nitrogen and oxygen atoms in total. The molecular formula is C43H64N5O10P. The third-order valence-corrected chi connectivity index (χ3v) is 11.7. The fourth-order valence-electron chi connectivity index (χ4n) is 7.29. The van der Waals surface area contributed by atoms with Gasteiger partial charge in [-0.2, -0.15) is 15.6 Å². The Labute approximate surface area is 349 Å². The predicted octanol–water partition coefficient (Wildman–Crippen LogP) is 7.75. The molecule has 1 unspecified atom stereocenters. The molecule has 1 aromatic carbocycles. The van der Waals surface area contributed by atoms with E-state index < -0.39 is 51.1 Å². The van der Waals surface area contributed by atoms with Crippen LogP contribution in [0.5, 0.6) is 5.75 Å². The number of aliphatic hydroxyl groups is 2. The van der Waals surface area contributed by atoms with Crippen molar-refractivity contribution in [2.75, 3.05) is 33.5 Å². The molecule has 0 aliphatic carbocycles. The molecule has 0 amide bonds. The first-order chi connectivity index (χ1) is 28.6. The van der Waals surface area contributed by atoms with Crippen molar-refractivity contribution in [2.24, 2.45) is 0 Å². The number of methoxy groups -OCH3 is 1. The summed E-state index contributed by atoms with van der Waals surface area (Å²) in [4.78, 5) is 14.8. The number of benzene rings is 1. The Morgan fingerprint density at radius 3 is 2.17 bits per heavy atom. The van der Waals surface area contributed by atoms with E-state index in [0.29, 0.717) is 34.7 Å². The summed E-state index contributed by atoms with van der Waals surface area (Å²) in [5, 5.41) is 45.7. The zero-order valence-corrected chi connectivity index (χ0v) is 35.9. The SMILES string of the molecule is CCCCCCCCCCCCCCCCCCOC[C@H](COP(=O)(O)OC[C@H]1O[C@@](C#N)(c2ccc3c(C)ncnn23)[C@H](O)[C@@H]1O)OCc1cc(C#N)cc(OC)c1. The van der Waals surface area contributed by atoms with Crippen molar-refractivity contribution in [3.63, 3.8) is 0 Å². The van der Waals surface area contributed by atoms with Gasteiger partial charge in [-0.1, -0.05) is 103 Å². The summed E-state index contributed by atoms with van der Waals surface area (Å²) >= 11 is 0. The molecule has 59 heavy (non-hydrogen) atoms. The lowest BCUT2D eigenvalue weighted by Crippen LogP contribution is -2.41. The maximum Gasteiger partial charge on any atom is 0.472 e. The molecule has 1 saturated heterocycles. The zero-order valence-electron chi connectivity index (χ0n) is 35.0. The molecule has 2 aromatic heterocycles. The van der Waals surface area contributed by atoms with Gasteiger partial charge in [-0.05, 0) is 49.2 Å². The van der Waals surface area contributed by atoms with Crippen LogP contribution in [0.25, 0.3) is 5.52 Å². The van der Waals surface area contributed by atoms with Crippen LogP contribution in [0, 0.1) is 29.6 Å². The molecule has 3 aromatic rings. The number of phosphoric acid groups is 1.